The Hall–Kier alpha value is -1.66. The number of guanidine groups is 2. The number of halogens is 2. The van der Waals surface area contributed by atoms with Crippen LogP contribution in [-0.4, -0.2) is 25.1 Å². The Morgan fingerprint density at radius 2 is 1.96 bits per heavy atom. The molecule has 0 unspecified atom stereocenters. The molecule has 1 aromatic rings. The van der Waals surface area contributed by atoms with Crippen LogP contribution in [0.1, 0.15) is 31.7 Å². The van der Waals surface area contributed by atoms with Gasteiger partial charge in [0.2, 0.25) is 5.96 Å². The van der Waals surface area contributed by atoms with E-state index in [9.17, 15) is 0 Å². The highest BCUT2D eigenvalue weighted by atomic mass is 35.5. The van der Waals surface area contributed by atoms with Crippen molar-refractivity contribution in [3.05, 3.63) is 28.8 Å². The zero-order valence-electron chi connectivity index (χ0n) is 13.3. The summed E-state index contributed by atoms with van der Waals surface area (Å²) in [6.45, 7) is 3.33. The lowest BCUT2D eigenvalue weighted by Crippen LogP contribution is -2.26. The van der Waals surface area contributed by atoms with Crippen LogP contribution in [0.3, 0.4) is 0 Å². The van der Waals surface area contributed by atoms with Gasteiger partial charge in [0.25, 0.3) is 0 Å². The maximum atomic E-state index is 6.21. The summed E-state index contributed by atoms with van der Waals surface area (Å²) in [5.74, 6) is 0.681. The van der Waals surface area contributed by atoms with Crippen molar-refractivity contribution in [3.63, 3.8) is 0 Å². The van der Waals surface area contributed by atoms with E-state index in [2.05, 4.69) is 16.9 Å². The summed E-state index contributed by atoms with van der Waals surface area (Å²) in [6.07, 6.45) is 4.05. The summed E-state index contributed by atoms with van der Waals surface area (Å²) < 4.78 is 5.66. The van der Waals surface area contributed by atoms with Gasteiger partial charge >= 0.3 is 0 Å². The van der Waals surface area contributed by atoms with Gasteiger partial charge < -0.3 is 21.9 Å². The zero-order chi connectivity index (χ0) is 16.4. The van der Waals surface area contributed by atoms with Crippen LogP contribution in [0.15, 0.2) is 28.2 Å². The Bertz CT molecular complexity index is 531. The van der Waals surface area contributed by atoms with Gasteiger partial charge in [-0.25, -0.2) is 0 Å². The summed E-state index contributed by atoms with van der Waals surface area (Å²) in [4.78, 5) is 7.70. The fraction of sp³-hybridized carbons (Fsp3) is 0.467. The summed E-state index contributed by atoms with van der Waals surface area (Å²) in [5, 5.41) is 0.607. The molecule has 0 aromatic heterocycles. The average Bonchev–Trinajstić information content (AvgIpc) is 2.44. The molecule has 0 aliphatic carbocycles. The van der Waals surface area contributed by atoms with E-state index in [0.717, 1.165) is 18.4 Å². The molecule has 8 heteroatoms. The Labute approximate surface area is 148 Å². The second kappa shape index (κ2) is 11.8. The molecule has 23 heavy (non-hydrogen) atoms. The molecule has 0 radical (unpaired) electrons. The van der Waals surface area contributed by atoms with Crippen molar-refractivity contribution in [2.24, 2.45) is 27.2 Å². The van der Waals surface area contributed by atoms with Crippen LogP contribution in [0.5, 0.6) is 5.75 Å². The Balaban J connectivity index is 0.00000484. The van der Waals surface area contributed by atoms with Crippen LogP contribution < -0.4 is 21.9 Å². The molecule has 0 aliphatic rings. The van der Waals surface area contributed by atoms with Crippen molar-refractivity contribution in [2.75, 3.05) is 13.2 Å². The van der Waals surface area contributed by atoms with Crippen molar-refractivity contribution in [2.45, 2.75) is 32.6 Å². The van der Waals surface area contributed by atoms with Gasteiger partial charge in [0.15, 0.2) is 5.96 Å². The summed E-state index contributed by atoms with van der Waals surface area (Å²) in [5.41, 5.74) is 17.0. The number of hydrogen-bond donors (Lipinski definition) is 3. The fourth-order valence-corrected chi connectivity index (χ4v) is 2.08. The first-order valence-corrected chi connectivity index (χ1v) is 7.71. The van der Waals surface area contributed by atoms with Crippen LogP contribution in [0, 0.1) is 0 Å². The molecule has 1 rings (SSSR count). The van der Waals surface area contributed by atoms with Crippen LogP contribution in [0.25, 0.3) is 0 Å². The van der Waals surface area contributed by atoms with E-state index >= 15 is 0 Å². The number of unbranched alkanes of at least 4 members (excludes halogenated alkanes) is 2. The third-order valence-electron chi connectivity index (χ3n) is 2.92. The van der Waals surface area contributed by atoms with Crippen LogP contribution >= 0.6 is 24.0 Å². The maximum Gasteiger partial charge on any atom is 0.218 e. The van der Waals surface area contributed by atoms with Gasteiger partial charge in [-0.3, -0.25) is 4.99 Å². The van der Waals surface area contributed by atoms with Gasteiger partial charge in [-0.2, -0.15) is 4.99 Å². The van der Waals surface area contributed by atoms with Crippen molar-refractivity contribution < 1.29 is 4.74 Å². The molecule has 0 fully saturated rings. The topological polar surface area (TPSA) is 112 Å². The number of benzene rings is 1. The number of ether oxygens (including phenoxy) is 1. The summed E-state index contributed by atoms with van der Waals surface area (Å²) in [6, 6.07) is 5.73. The fourth-order valence-electron chi connectivity index (χ4n) is 1.82. The van der Waals surface area contributed by atoms with Gasteiger partial charge in [-0.05, 0) is 30.5 Å². The predicted molar refractivity (Wildman–Crippen MR) is 99.7 cm³/mol. The van der Waals surface area contributed by atoms with Crippen molar-refractivity contribution in [1.29, 1.82) is 0 Å². The van der Waals surface area contributed by atoms with E-state index in [-0.39, 0.29) is 24.3 Å². The third kappa shape index (κ3) is 9.15. The summed E-state index contributed by atoms with van der Waals surface area (Å²) >= 11 is 6.21. The number of rotatable bonds is 8. The first-order valence-electron chi connectivity index (χ1n) is 7.33. The largest absolute Gasteiger partial charge is 0.492 e. The minimum Gasteiger partial charge on any atom is -0.492 e. The average molecular weight is 362 g/mol. The molecule has 0 spiro atoms. The first kappa shape index (κ1) is 21.3. The standard InChI is InChI=1S/C15H24ClN5O.ClH/c1-2-3-4-9-22-13-6-5-11(10-12(13)16)7-8-20-15(19)21-14(17)18;/h5-6,10H,2-4,7-9H2,1H3,(H6,17,18,19,20,21);1H. The van der Waals surface area contributed by atoms with Crippen LogP contribution in [0.4, 0.5) is 0 Å². The molecule has 0 atom stereocenters. The molecule has 0 amide bonds. The lowest BCUT2D eigenvalue weighted by molar-refractivity contribution is 0.306. The van der Waals surface area contributed by atoms with E-state index in [1.807, 2.05) is 18.2 Å². The van der Waals surface area contributed by atoms with Crippen molar-refractivity contribution in [1.82, 2.24) is 0 Å². The highest BCUT2D eigenvalue weighted by molar-refractivity contribution is 6.32. The SMILES string of the molecule is CCCCCOc1ccc(CCN=C(N)N=C(N)N)cc1Cl.Cl. The van der Waals surface area contributed by atoms with E-state index in [0.29, 0.717) is 30.3 Å². The monoisotopic (exact) mass is 361 g/mol. The van der Waals surface area contributed by atoms with E-state index in [4.69, 9.17) is 33.5 Å². The molecule has 0 bridgehead atoms. The Kier molecular flexibility index (Phi) is 11.0. The van der Waals surface area contributed by atoms with Gasteiger partial charge in [-0.15, -0.1) is 12.4 Å². The number of nitrogens with two attached hydrogens (primary N) is 3. The molecule has 1 aromatic carbocycles. The highest BCUT2D eigenvalue weighted by Gasteiger charge is 2.03. The molecular weight excluding hydrogens is 337 g/mol. The second-order valence-electron chi connectivity index (χ2n) is 4.85. The number of nitrogens with zero attached hydrogens (tertiary/aromatic N) is 2. The van der Waals surface area contributed by atoms with E-state index in [1.54, 1.807) is 0 Å². The smallest absolute Gasteiger partial charge is 0.218 e. The molecule has 0 saturated heterocycles. The van der Waals surface area contributed by atoms with Crippen molar-refractivity contribution >= 4 is 35.9 Å². The van der Waals surface area contributed by atoms with Crippen molar-refractivity contribution in [3.8, 4) is 5.75 Å². The first-order chi connectivity index (χ1) is 10.5. The Morgan fingerprint density at radius 1 is 1.22 bits per heavy atom. The minimum absolute atomic E-state index is 0. The minimum atomic E-state index is -0.103. The third-order valence-corrected chi connectivity index (χ3v) is 3.22. The van der Waals surface area contributed by atoms with Gasteiger partial charge in [-0.1, -0.05) is 37.4 Å². The summed E-state index contributed by atoms with van der Waals surface area (Å²) in [7, 11) is 0. The zero-order valence-corrected chi connectivity index (χ0v) is 14.9. The lowest BCUT2D eigenvalue weighted by Gasteiger charge is -2.09. The van der Waals surface area contributed by atoms with E-state index in [1.165, 1.54) is 6.42 Å². The van der Waals surface area contributed by atoms with E-state index < -0.39 is 0 Å². The number of aliphatic imine (C=N–C) groups is 2. The molecule has 0 aliphatic heterocycles. The van der Waals surface area contributed by atoms with Gasteiger partial charge in [0.05, 0.1) is 11.6 Å². The molecule has 6 nitrogen and oxygen atoms in total. The van der Waals surface area contributed by atoms with Crippen LogP contribution in [0.2, 0.25) is 5.02 Å². The molecule has 0 heterocycles. The highest BCUT2D eigenvalue weighted by Crippen LogP contribution is 2.26. The predicted octanol–water partition coefficient (Wildman–Crippen LogP) is 2.46. The van der Waals surface area contributed by atoms with Gasteiger partial charge in [0.1, 0.15) is 5.75 Å². The quantitative estimate of drug-likeness (QED) is 0.375. The second-order valence-corrected chi connectivity index (χ2v) is 5.25. The molecular formula is C15H25Cl2N5O. The lowest BCUT2D eigenvalue weighted by atomic mass is 10.1. The Morgan fingerprint density at radius 3 is 2.57 bits per heavy atom. The molecule has 130 valence electrons. The normalized spacial score (nSPS) is 10.8. The molecule has 0 saturated carbocycles. The maximum absolute atomic E-state index is 6.21. The number of hydrogen-bond acceptors (Lipinski definition) is 2. The van der Waals surface area contributed by atoms with Gasteiger partial charge in [0, 0.05) is 6.54 Å². The van der Waals surface area contributed by atoms with Crippen LogP contribution in [-0.2, 0) is 6.42 Å². The molecule has 6 N–H and O–H groups in total.